The molecule has 0 fully saturated rings. The first-order valence-electron chi connectivity index (χ1n) is 8.74. The molecule has 144 valence electrons. The molecule has 1 aliphatic rings. The number of hydrogen-bond donors (Lipinski definition) is 1. The van der Waals surface area contributed by atoms with Crippen LogP contribution in [-0.2, 0) is 4.79 Å². The molecule has 1 amide bonds. The van der Waals surface area contributed by atoms with Gasteiger partial charge in [-0.3, -0.25) is 4.79 Å². The van der Waals surface area contributed by atoms with Crippen LogP contribution in [0, 0.1) is 0 Å². The van der Waals surface area contributed by atoms with Crippen LogP contribution in [-0.4, -0.2) is 22.7 Å². The van der Waals surface area contributed by atoms with Gasteiger partial charge >= 0.3 is 5.97 Å². The molecule has 1 N–H and O–H groups in total. The number of hydrogen-bond acceptors (Lipinski definition) is 4. The molecule has 0 unspecified atom stereocenters. The minimum atomic E-state index is -1.03. The van der Waals surface area contributed by atoms with Crippen LogP contribution >= 0.6 is 15.9 Å². The maximum absolute atomic E-state index is 12.8. The molecule has 1 aromatic heterocycles. The Morgan fingerprint density at radius 3 is 2.55 bits per heavy atom. The van der Waals surface area contributed by atoms with Crippen molar-refractivity contribution >= 4 is 45.3 Å². The first kappa shape index (κ1) is 18.9. The lowest BCUT2D eigenvalue weighted by atomic mass is 10.1. The zero-order valence-electron chi connectivity index (χ0n) is 15.3. The molecule has 29 heavy (non-hydrogen) atoms. The molecule has 2 heterocycles. The summed E-state index contributed by atoms with van der Waals surface area (Å²) in [7, 11) is 0. The third-order valence-electron chi connectivity index (χ3n) is 4.47. The molecular weight excluding hydrogens is 436 g/mol. The molecule has 0 saturated heterocycles. The first-order chi connectivity index (χ1) is 13.9. The highest BCUT2D eigenvalue weighted by Crippen LogP contribution is 2.29. The Morgan fingerprint density at radius 2 is 1.83 bits per heavy atom. The lowest BCUT2D eigenvalue weighted by molar-refractivity contribution is -0.114. The van der Waals surface area contributed by atoms with E-state index in [0.29, 0.717) is 34.1 Å². The predicted molar refractivity (Wildman–Crippen MR) is 114 cm³/mol. The average Bonchev–Trinajstić information content (AvgIpc) is 3.29. The van der Waals surface area contributed by atoms with E-state index in [1.165, 1.54) is 11.1 Å². The molecule has 0 bridgehead atoms. The van der Waals surface area contributed by atoms with E-state index in [2.05, 4.69) is 21.0 Å². The van der Waals surface area contributed by atoms with E-state index < -0.39 is 5.97 Å². The van der Waals surface area contributed by atoms with E-state index in [9.17, 15) is 14.7 Å². The number of benzene rings is 2. The zero-order chi connectivity index (χ0) is 20.5. The van der Waals surface area contributed by atoms with Crippen molar-refractivity contribution in [3.05, 3.63) is 82.0 Å². The standard InChI is InChI=1S/C22H15BrN2O4/c1-13-19(21(26)25(24-13)15-8-6-14(23)7-9-15)12-16-10-11-20(29-16)17-4-2-3-5-18(17)22(27)28/h2-12H,1H3,(H,27,28)/b19-12+. The zero-order valence-corrected chi connectivity index (χ0v) is 16.9. The number of nitrogens with zero attached hydrogens (tertiary/aromatic N) is 2. The van der Waals surface area contributed by atoms with Gasteiger partial charge in [-0.25, -0.2) is 4.79 Å². The average molecular weight is 451 g/mol. The van der Waals surface area contributed by atoms with Crippen molar-refractivity contribution in [2.45, 2.75) is 6.92 Å². The molecule has 1 aliphatic heterocycles. The molecule has 3 aromatic rings. The summed E-state index contributed by atoms with van der Waals surface area (Å²) in [4.78, 5) is 24.3. The number of carbonyl (C=O) groups excluding carboxylic acids is 1. The van der Waals surface area contributed by atoms with Crippen LogP contribution in [0.15, 0.2) is 80.2 Å². The van der Waals surface area contributed by atoms with Gasteiger partial charge in [0, 0.05) is 10.0 Å². The van der Waals surface area contributed by atoms with Gasteiger partial charge in [0.15, 0.2) is 0 Å². The maximum atomic E-state index is 12.8. The summed E-state index contributed by atoms with van der Waals surface area (Å²) in [5, 5.41) is 15.1. The Hall–Kier alpha value is -3.45. The second-order valence-corrected chi connectivity index (χ2v) is 7.31. The molecule has 2 aromatic carbocycles. The smallest absolute Gasteiger partial charge is 0.336 e. The van der Waals surface area contributed by atoms with Crippen LogP contribution in [0.4, 0.5) is 5.69 Å². The van der Waals surface area contributed by atoms with E-state index in [1.54, 1.807) is 55.5 Å². The number of furan rings is 1. The SMILES string of the molecule is CC1=NN(c2ccc(Br)cc2)C(=O)/C1=C/c1ccc(-c2ccccc2C(=O)O)o1. The van der Waals surface area contributed by atoms with Crippen molar-refractivity contribution in [3.63, 3.8) is 0 Å². The molecule has 4 rings (SSSR count). The lowest BCUT2D eigenvalue weighted by Gasteiger charge is -2.11. The van der Waals surface area contributed by atoms with Crippen LogP contribution in [0.25, 0.3) is 17.4 Å². The van der Waals surface area contributed by atoms with Gasteiger partial charge in [-0.05, 0) is 55.5 Å². The summed E-state index contributed by atoms with van der Waals surface area (Å²) in [6.45, 7) is 1.76. The third-order valence-corrected chi connectivity index (χ3v) is 5.00. The molecule has 0 spiro atoms. The normalized spacial score (nSPS) is 15.1. The summed E-state index contributed by atoms with van der Waals surface area (Å²) in [5.74, 6) is -0.430. The summed E-state index contributed by atoms with van der Waals surface area (Å²) in [6, 6.07) is 17.3. The van der Waals surface area contributed by atoms with Crippen LogP contribution in [0.5, 0.6) is 0 Å². The van der Waals surface area contributed by atoms with Gasteiger partial charge in [-0.15, -0.1) is 0 Å². The summed E-state index contributed by atoms with van der Waals surface area (Å²) >= 11 is 3.37. The summed E-state index contributed by atoms with van der Waals surface area (Å²) in [6.07, 6.45) is 1.62. The van der Waals surface area contributed by atoms with Crippen LogP contribution < -0.4 is 5.01 Å². The molecule has 6 nitrogen and oxygen atoms in total. The Labute approximate surface area is 174 Å². The number of anilines is 1. The Balaban J connectivity index is 1.65. The number of hydrazone groups is 1. The quantitative estimate of drug-likeness (QED) is 0.552. The molecule has 0 saturated carbocycles. The molecular formula is C22H15BrN2O4. The number of carboxylic acids is 1. The second kappa shape index (κ2) is 7.52. The number of amides is 1. The van der Waals surface area contributed by atoms with Gasteiger partial charge in [-0.2, -0.15) is 10.1 Å². The monoisotopic (exact) mass is 450 g/mol. The van der Waals surface area contributed by atoms with Crippen molar-refractivity contribution in [2.75, 3.05) is 5.01 Å². The fraction of sp³-hybridized carbons (Fsp3) is 0.0455. The first-order valence-corrected chi connectivity index (χ1v) is 9.53. The van der Waals surface area contributed by atoms with E-state index in [1.807, 2.05) is 12.1 Å². The maximum Gasteiger partial charge on any atom is 0.336 e. The van der Waals surface area contributed by atoms with E-state index in [-0.39, 0.29) is 11.5 Å². The summed E-state index contributed by atoms with van der Waals surface area (Å²) in [5.41, 5.74) is 2.28. The largest absolute Gasteiger partial charge is 0.478 e. The molecule has 0 atom stereocenters. The lowest BCUT2D eigenvalue weighted by Crippen LogP contribution is -2.21. The Bertz CT molecular complexity index is 1180. The summed E-state index contributed by atoms with van der Waals surface area (Å²) < 4.78 is 6.72. The number of rotatable bonds is 4. The fourth-order valence-electron chi connectivity index (χ4n) is 3.04. The van der Waals surface area contributed by atoms with Crippen LogP contribution in [0.2, 0.25) is 0 Å². The number of carbonyl (C=O) groups is 2. The molecule has 0 radical (unpaired) electrons. The van der Waals surface area contributed by atoms with E-state index in [4.69, 9.17) is 4.42 Å². The fourth-order valence-corrected chi connectivity index (χ4v) is 3.31. The van der Waals surface area contributed by atoms with Gasteiger partial charge in [0.1, 0.15) is 11.5 Å². The topological polar surface area (TPSA) is 83.1 Å². The molecule has 0 aliphatic carbocycles. The minimum Gasteiger partial charge on any atom is -0.478 e. The third kappa shape index (κ3) is 3.64. The number of aromatic carboxylic acids is 1. The van der Waals surface area contributed by atoms with Crippen LogP contribution in [0.3, 0.4) is 0 Å². The van der Waals surface area contributed by atoms with Gasteiger partial charge in [0.05, 0.1) is 22.5 Å². The van der Waals surface area contributed by atoms with Gasteiger partial charge in [-0.1, -0.05) is 34.1 Å². The highest BCUT2D eigenvalue weighted by Gasteiger charge is 2.29. The number of carboxylic acid groups (broad SMARTS) is 1. The Morgan fingerprint density at radius 1 is 1.10 bits per heavy atom. The second-order valence-electron chi connectivity index (χ2n) is 6.39. The van der Waals surface area contributed by atoms with E-state index >= 15 is 0 Å². The van der Waals surface area contributed by atoms with Gasteiger partial charge in [0.2, 0.25) is 0 Å². The minimum absolute atomic E-state index is 0.150. The van der Waals surface area contributed by atoms with Crippen molar-refractivity contribution in [2.24, 2.45) is 5.10 Å². The Kier molecular flexibility index (Phi) is 4.90. The van der Waals surface area contributed by atoms with Crippen molar-refractivity contribution in [1.82, 2.24) is 0 Å². The van der Waals surface area contributed by atoms with Crippen molar-refractivity contribution in [1.29, 1.82) is 0 Å². The van der Waals surface area contributed by atoms with Crippen LogP contribution in [0.1, 0.15) is 23.0 Å². The van der Waals surface area contributed by atoms with Crippen molar-refractivity contribution < 1.29 is 19.1 Å². The van der Waals surface area contributed by atoms with E-state index in [0.717, 1.165) is 4.47 Å². The predicted octanol–water partition coefficient (Wildman–Crippen LogP) is 5.21. The van der Waals surface area contributed by atoms with Crippen molar-refractivity contribution in [3.8, 4) is 11.3 Å². The number of halogens is 1. The highest BCUT2D eigenvalue weighted by molar-refractivity contribution is 9.10. The highest BCUT2D eigenvalue weighted by atomic mass is 79.9. The molecule has 7 heteroatoms. The van der Waals surface area contributed by atoms with Gasteiger partial charge in [0.25, 0.3) is 5.91 Å². The van der Waals surface area contributed by atoms with Gasteiger partial charge < -0.3 is 9.52 Å².